The summed E-state index contributed by atoms with van der Waals surface area (Å²) in [7, 11) is 0. The summed E-state index contributed by atoms with van der Waals surface area (Å²) in [6, 6.07) is 8.26. The Morgan fingerprint density at radius 1 is 1.08 bits per heavy atom. The lowest BCUT2D eigenvalue weighted by molar-refractivity contribution is -0.141. The molecule has 25 heavy (non-hydrogen) atoms. The van der Waals surface area contributed by atoms with Crippen molar-refractivity contribution in [2.24, 2.45) is 5.41 Å². The molecule has 0 bridgehead atoms. The Kier molecular flexibility index (Phi) is 6.59. The molecule has 0 aromatic heterocycles. The van der Waals surface area contributed by atoms with E-state index >= 15 is 0 Å². The highest BCUT2D eigenvalue weighted by atomic mass is 16.2. The fraction of sp³-hybridized carbons (Fsp3) is 0.600. The van der Waals surface area contributed by atoms with Crippen LogP contribution in [-0.4, -0.2) is 60.9 Å². The topological polar surface area (TPSA) is 52.7 Å². The number of nitrogens with zero attached hydrogens (tertiary/aromatic N) is 2. The Morgan fingerprint density at radius 3 is 2.32 bits per heavy atom. The van der Waals surface area contributed by atoms with Crippen LogP contribution in [0.3, 0.4) is 0 Å². The zero-order chi connectivity index (χ0) is 18.4. The van der Waals surface area contributed by atoms with Gasteiger partial charge in [-0.25, -0.2) is 0 Å². The first-order valence-electron chi connectivity index (χ1n) is 9.10. The molecule has 0 aliphatic carbocycles. The van der Waals surface area contributed by atoms with Crippen LogP contribution in [0.15, 0.2) is 24.3 Å². The highest BCUT2D eigenvalue weighted by molar-refractivity contribution is 5.81. The van der Waals surface area contributed by atoms with Crippen molar-refractivity contribution >= 4 is 11.8 Å². The van der Waals surface area contributed by atoms with Gasteiger partial charge in [0.15, 0.2) is 0 Å². The summed E-state index contributed by atoms with van der Waals surface area (Å²) in [4.78, 5) is 28.4. The van der Waals surface area contributed by atoms with Crippen molar-refractivity contribution < 1.29 is 9.59 Å². The van der Waals surface area contributed by atoms with Crippen LogP contribution < -0.4 is 5.32 Å². The number of hydrogen-bond acceptors (Lipinski definition) is 3. The van der Waals surface area contributed by atoms with Crippen LogP contribution in [0.4, 0.5) is 0 Å². The lowest BCUT2D eigenvalue weighted by atomic mass is 9.94. The molecule has 1 aliphatic heterocycles. The van der Waals surface area contributed by atoms with Crippen molar-refractivity contribution in [3.05, 3.63) is 35.4 Å². The predicted molar refractivity (Wildman–Crippen MR) is 100 cm³/mol. The molecule has 0 atom stereocenters. The van der Waals surface area contributed by atoms with Gasteiger partial charge in [0, 0.05) is 38.1 Å². The highest BCUT2D eigenvalue weighted by Crippen LogP contribution is 2.18. The van der Waals surface area contributed by atoms with E-state index in [9.17, 15) is 9.59 Å². The van der Waals surface area contributed by atoms with Crippen molar-refractivity contribution in [3.63, 3.8) is 0 Å². The molecule has 2 rings (SSSR count). The average molecular weight is 345 g/mol. The molecule has 1 saturated heterocycles. The van der Waals surface area contributed by atoms with Gasteiger partial charge in [-0.15, -0.1) is 0 Å². The molecule has 0 radical (unpaired) electrons. The van der Waals surface area contributed by atoms with Gasteiger partial charge in [0.25, 0.3) is 0 Å². The second-order valence-corrected chi connectivity index (χ2v) is 7.84. The van der Waals surface area contributed by atoms with Crippen molar-refractivity contribution in [1.82, 2.24) is 15.1 Å². The van der Waals surface area contributed by atoms with Gasteiger partial charge in [0.05, 0.1) is 6.54 Å². The summed E-state index contributed by atoms with van der Waals surface area (Å²) in [6.07, 6.45) is 0.853. The maximum atomic E-state index is 12.3. The molecule has 1 aromatic rings. The SMILES string of the molecule is Cc1ccccc1CCNC(=O)CN1CCN(C(=O)C(C)(C)C)CC1. The second kappa shape index (κ2) is 8.48. The first kappa shape index (κ1) is 19.4. The molecule has 0 unspecified atom stereocenters. The van der Waals surface area contributed by atoms with Crippen molar-refractivity contribution in [1.29, 1.82) is 0 Å². The summed E-state index contributed by atoms with van der Waals surface area (Å²) < 4.78 is 0. The quantitative estimate of drug-likeness (QED) is 0.886. The normalized spacial score (nSPS) is 15.9. The molecule has 1 aliphatic rings. The monoisotopic (exact) mass is 345 g/mol. The van der Waals surface area contributed by atoms with Gasteiger partial charge in [-0.05, 0) is 24.5 Å². The Morgan fingerprint density at radius 2 is 1.72 bits per heavy atom. The van der Waals surface area contributed by atoms with Crippen LogP contribution >= 0.6 is 0 Å². The van der Waals surface area contributed by atoms with E-state index in [1.54, 1.807) is 0 Å². The zero-order valence-electron chi connectivity index (χ0n) is 16.0. The van der Waals surface area contributed by atoms with Gasteiger partial charge < -0.3 is 10.2 Å². The Hall–Kier alpha value is -1.88. The third-order valence-corrected chi connectivity index (χ3v) is 4.65. The Labute approximate surface area is 151 Å². The second-order valence-electron chi connectivity index (χ2n) is 7.84. The summed E-state index contributed by atoms with van der Waals surface area (Å²) in [5, 5.41) is 3.00. The van der Waals surface area contributed by atoms with Crippen LogP contribution in [0.1, 0.15) is 31.9 Å². The fourth-order valence-corrected chi connectivity index (χ4v) is 3.07. The van der Waals surface area contributed by atoms with E-state index in [1.807, 2.05) is 37.8 Å². The lowest BCUT2D eigenvalue weighted by Gasteiger charge is -2.37. The van der Waals surface area contributed by atoms with E-state index in [0.29, 0.717) is 26.2 Å². The number of carbonyl (C=O) groups excluding carboxylic acids is 2. The molecule has 138 valence electrons. The van der Waals surface area contributed by atoms with Gasteiger partial charge in [-0.2, -0.15) is 0 Å². The molecule has 1 aromatic carbocycles. The number of nitrogens with one attached hydrogen (secondary N) is 1. The van der Waals surface area contributed by atoms with E-state index in [2.05, 4.69) is 29.3 Å². The molecule has 1 heterocycles. The van der Waals surface area contributed by atoms with Gasteiger partial charge >= 0.3 is 0 Å². The van der Waals surface area contributed by atoms with Crippen molar-refractivity contribution in [2.75, 3.05) is 39.3 Å². The molecule has 2 amide bonds. The third kappa shape index (κ3) is 5.85. The summed E-state index contributed by atoms with van der Waals surface area (Å²) in [6.45, 7) is 11.9. The number of rotatable bonds is 5. The maximum absolute atomic E-state index is 12.3. The minimum absolute atomic E-state index is 0.0594. The molecule has 0 saturated carbocycles. The number of amides is 2. The first-order valence-corrected chi connectivity index (χ1v) is 9.10. The summed E-state index contributed by atoms with van der Waals surface area (Å²) >= 11 is 0. The number of carbonyl (C=O) groups is 2. The molecular formula is C20H31N3O2. The molecule has 1 N–H and O–H groups in total. The van der Waals surface area contributed by atoms with Gasteiger partial charge in [0.2, 0.25) is 11.8 Å². The van der Waals surface area contributed by atoms with Crippen LogP contribution in [0.2, 0.25) is 0 Å². The molecule has 0 spiro atoms. The van der Waals surface area contributed by atoms with Crippen LogP contribution in [0.5, 0.6) is 0 Å². The maximum Gasteiger partial charge on any atom is 0.234 e. The Balaban J connectivity index is 1.69. The number of benzene rings is 1. The van der Waals surface area contributed by atoms with Gasteiger partial charge in [0.1, 0.15) is 0 Å². The summed E-state index contributed by atoms with van der Waals surface area (Å²) in [5.41, 5.74) is 2.20. The molecule has 5 heteroatoms. The lowest BCUT2D eigenvalue weighted by Crippen LogP contribution is -2.53. The number of aryl methyl sites for hydroxylation is 1. The smallest absolute Gasteiger partial charge is 0.234 e. The zero-order valence-corrected chi connectivity index (χ0v) is 16.0. The largest absolute Gasteiger partial charge is 0.355 e. The van der Waals surface area contributed by atoms with E-state index in [4.69, 9.17) is 0 Å². The molecule has 5 nitrogen and oxygen atoms in total. The fourth-order valence-electron chi connectivity index (χ4n) is 3.07. The minimum atomic E-state index is -0.338. The van der Waals surface area contributed by atoms with Gasteiger partial charge in [-0.1, -0.05) is 45.0 Å². The minimum Gasteiger partial charge on any atom is -0.355 e. The van der Waals surface area contributed by atoms with E-state index < -0.39 is 0 Å². The average Bonchev–Trinajstić information content (AvgIpc) is 2.56. The van der Waals surface area contributed by atoms with E-state index in [0.717, 1.165) is 19.5 Å². The van der Waals surface area contributed by atoms with Crippen LogP contribution in [0.25, 0.3) is 0 Å². The third-order valence-electron chi connectivity index (χ3n) is 4.65. The summed E-state index contributed by atoms with van der Waals surface area (Å²) in [5.74, 6) is 0.249. The van der Waals surface area contributed by atoms with E-state index in [1.165, 1.54) is 11.1 Å². The van der Waals surface area contributed by atoms with Crippen molar-refractivity contribution in [2.45, 2.75) is 34.1 Å². The molecule has 1 fully saturated rings. The predicted octanol–water partition coefficient (Wildman–Crippen LogP) is 1.84. The Bertz CT molecular complexity index is 599. The number of hydrogen-bond donors (Lipinski definition) is 1. The van der Waals surface area contributed by atoms with Crippen LogP contribution in [0, 0.1) is 12.3 Å². The standard InChI is InChI=1S/C20H31N3O2/c1-16-7-5-6-8-17(16)9-10-21-18(24)15-22-11-13-23(14-12-22)19(25)20(2,3)4/h5-8H,9-15H2,1-4H3,(H,21,24). The van der Waals surface area contributed by atoms with Crippen molar-refractivity contribution in [3.8, 4) is 0 Å². The first-order chi connectivity index (χ1) is 11.8. The highest BCUT2D eigenvalue weighted by Gasteiger charge is 2.29. The number of piperazine rings is 1. The van der Waals surface area contributed by atoms with E-state index in [-0.39, 0.29) is 17.2 Å². The van der Waals surface area contributed by atoms with Crippen LogP contribution in [-0.2, 0) is 16.0 Å². The van der Waals surface area contributed by atoms with Gasteiger partial charge in [-0.3, -0.25) is 14.5 Å². The molecular weight excluding hydrogens is 314 g/mol.